The van der Waals surface area contributed by atoms with Gasteiger partial charge in [-0.25, -0.2) is 0 Å². The van der Waals surface area contributed by atoms with Gasteiger partial charge in [0, 0.05) is 23.9 Å². The second-order valence-corrected chi connectivity index (χ2v) is 3.90. The van der Waals surface area contributed by atoms with Gasteiger partial charge in [0.25, 0.3) is 0 Å². The van der Waals surface area contributed by atoms with E-state index in [9.17, 15) is 4.79 Å². The van der Waals surface area contributed by atoms with Gasteiger partial charge in [-0.1, -0.05) is 12.1 Å². The number of carbonyl (C=O) groups is 1. The van der Waals surface area contributed by atoms with E-state index in [0.29, 0.717) is 5.56 Å². The van der Waals surface area contributed by atoms with Crippen LogP contribution in [-0.4, -0.2) is 20.4 Å². The zero-order valence-electron chi connectivity index (χ0n) is 10.4. The summed E-state index contributed by atoms with van der Waals surface area (Å²) in [6.45, 7) is 0. The van der Waals surface area contributed by atoms with Crippen molar-refractivity contribution in [3.63, 3.8) is 0 Å². The smallest absolute Gasteiger partial charge is 0.150 e. The summed E-state index contributed by atoms with van der Waals surface area (Å²) in [5, 5.41) is 3.07. The van der Waals surface area contributed by atoms with Crippen LogP contribution in [0.2, 0.25) is 0 Å². The lowest BCUT2D eigenvalue weighted by Crippen LogP contribution is -1.91. The molecule has 0 radical (unpaired) electrons. The first-order valence-electron chi connectivity index (χ1n) is 5.70. The first-order chi connectivity index (χ1) is 8.78. The third-order valence-corrected chi connectivity index (χ3v) is 2.84. The van der Waals surface area contributed by atoms with Crippen LogP contribution in [-0.2, 0) is 0 Å². The lowest BCUT2D eigenvalue weighted by atomic mass is 10.0. The lowest BCUT2D eigenvalue weighted by molar-refractivity contribution is 0.112. The van der Waals surface area contributed by atoms with E-state index in [2.05, 4.69) is 5.32 Å². The van der Waals surface area contributed by atoms with Crippen LogP contribution in [0.5, 0.6) is 5.75 Å². The quantitative estimate of drug-likeness (QED) is 0.835. The minimum absolute atomic E-state index is 0.642. The van der Waals surface area contributed by atoms with Crippen LogP contribution in [0, 0.1) is 0 Å². The molecule has 0 spiro atoms. The summed E-state index contributed by atoms with van der Waals surface area (Å²) in [7, 11) is 3.50. The van der Waals surface area contributed by atoms with Crippen molar-refractivity contribution >= 4 is 12.0 Å². The Morgan fingerprint density at radius 3 is 2.39 bits per heavy atom. The van der Waals surface area contributed by atoms with Gasteiger partial charge in [0.05, 0.1) is 7.11 Å². The zero-order valence-corrected chi connectivity index (χ0v) is 10.4. The van der Waals surface area contributed by atoms with Crippen LogP contribution in [0.3, 0.4) is 0 Å². The molecule has 0 amide bonds. The SMILES string of the molecule is CNc1ccc(-c2cc(C=O)ccc2OC)cc1. The third-order valence-electron chi connectivity index (χ3n) is 2.84. The zero-order chi connectivity index (χ0) is 13.0. The summed E-state index contributed by atoms with van der Waals surface area (Å²) in [4.78, 5) is 10.8. The van der Waals surface area contributed by atoms with Crippen molar-refractivity contribution in [2.45, 2.75) is 0 Å². The van der Waals surface area contributed by atoms with Crippen LogP contribution in [0.15, 0.2) is 42.5 Å². The molecule has 3 nitrogen and oxygen atoms in total. The first kappa shape index (κ1) is 12.2. The molecule has 0 bridgehead atoms. The van der Waals surface area contributed by atoms with E-state index >= 15 is 0 Å². The summed E-state index contributed by atoms with van der Waals surface area (Å²) >= 11 is 0. The number of aldehydes is 1. The number of hydrogen-bond donors (Lipinski definition) is 1. The number of carbonyl (C=O) groups excluding carboxylic acids is 1. The van der Waals surface area contributed by atoms with Crippen molar-refractivity contribution in [2.24, 2.45) is 0 Å². The summed E-state index contributed by atoms with van der Waals surface area (Å²) in [5.41, 5.74) is 3.63. The van der Waals surface area contributed by atoms with E-state index in [0.717, 1.165) is 28.8 Å². The van der Waals surface area contributed by atoms with Gasteiger partial charge in [0.2, 0.25) is 0 Å². The van der Waals surface area contributed by atoms with Crippen molar-refractivity contribution in [1.82, 2.24) is 0 Å². The van der Waals surface area contributed by atoms with Gasteiger partial charge in [-0.2, -0.15) is 0 Å². The van der Waals surface area contributed by atoms with E-state index in [4.69, 9.17) is 4.74 Å². The molecule has 0 unspecified atom stereocenters. The molecule has 0 aromatic heterocycles. The first-order valence-corrected chi connectivity index (χ1v) is 5.70. The van der Waals surface area contributed by atoms with Crippen molar-refractivity contribution in [3.05, 3.63) is 48.0 Å². The molecule has 2 aromatic carbocycles. The topological polar surface area (TPSA) is 38.3 Å². The number of rotatable bonds is 4. The van der Waals surface area contributed by atoms with Gasteiger partial charge in [-0.3, -0.25) is 4.79 Å². The lowest BCUT2D eigenvalue weighted by Gasteiger charge is -2.10. The second kappa shape index (κ2) is 5.36. The highest BCUT2D eigenvalue weighted by molar-refractivity contribution is 5.81. The molecule has 2 rings (SSSR count). The Kier molecular flexibility index (Phi) is 3.63. The molecule has 0 fully saturated rings. The largest absolute Gasteiger partial charge is 0.496 e. The highest BCUT2D eigenvalue weighted by atomic mass is 16.5. The maximum absolute atomic E-state index is 10.8. The fraction of sp³-hybridized carbons (Fsp3) is 0.133. The fourth-order valence-corrected chi connectivity index (χ4v) is 1.84. The summed E-state index contributed by atoms with van der Waals surface area (Å²) < 4.78 is 5.32. The van der Waals surface area contributed by atoms with Crippen molar-refractivity contribution < 1.29 is 9.53 Å². The van der Waals surface area contributed by atoms with Crippen LogP contribution in [0.1, 0.15) is 10.4 Å². The van der Waals surface area contributed by atoms with E-state index in [1.165, 1.54) is 0 Å². The molecule has 0 heterocycles. The molecule has 0 aliphatic heterocycles. The number of nitrogens with one attached hydrogen (secondary N) is 1. The maximum atomic E-state index is 10.8. The monoisotopic (exact) mass is 241 g/mol. The predicted octanol–water partition coefficient (Wildman–Crippen LogP) is 3.22. The molecule has 18 heavy (non-hydrogen) atoms. The van der Waals surface area contributed by atoms with Crippen LogP contribution >= 0.6 is 0 Å². The van der Waals surface area contributed by atoms with Gasteiger partial charge < -0.3 is 10.1 Å². The Labute approximate surface area is 106 Å². The molecule has 2 aromatic rings. The predicted molar refractivity (Wildman–Crippen MR) is 73.4 cm³/mol. The Hall–Kier alpha value is -2.29. The molecular formula is C15H15NO2. The fourth-order valence-electron chi connectivity index (χ4n) is 1.84. The minimum atomic E-state index is 0.642. The van der Waals surface area contributed by atoms with E-state index < -0.39 is 0 Å². The maximum Gasteiger partial charge on any atom is 0.150 e. The molecule has 0 saturated heterocycles. The van der Waals surface area contributed by atoms with Gasteiger partial charge in [0.15, 0.2) is 0 Å². The Bertz CT molecular complexity index is 547. The van der Waals surface area contributed by atoms with Gasteiger partial charge >= 0.3 is 0 Å². The van der Waals surface area contributed by atoms with E-state index in [1.54, 1.807) is 13.2 Å². The third kappa shape index (κ3) is 2.35. The van der Waals surface area contributed by atoms with Crippen LogP contribution in [0.25, 0.3) is 11.1 Å². The molecular weight excluding hydrogens is 226 g/mol. The number of hydrogen-bond acceptors (Lipinski definition) is 3. The highest BCUT2D eigenvalue weighted by Crippen LogP contribution is 2.31. The highest BCUT2D eigenvalue weighted by Gasteiger charge is 2.06. The standard InChI is InChI=1S/C15H15NO2/c1-16-13-6-4-12(5-7-13)14-9-11(10-17)3-8-15(14)18-2/h3-10,16H,1-2H3. The Balaban J connectivity index is 2.49. The van der Waals surface area contributed by atoms with E-state index in [-0.39, 0.29) is 0 Å². The van der Waals surface area contributed by atoms with Crippen LogP contribution < -0.4 is 10.1 Å². The Morgan fingerprint density at radius 2 is 1.83 bits per heavy atom. The summed E-state index contributed by atoms with van der Waals surface area (Å²) in [6.07, 6.45) is 0.838. The number of ether oxygens (including phenoxy) is 1. The van der Waals surface area contributed by atoms with Gasteiger partial charge in [-0.15, -0.1) is 0 Å². The van der Waals surface area contributed by atoms with Gasteiger partial charge in [0.1, 0.15) is 12.0 Å². The molecule has 1 N–H and O–H groups in total. The number of methoxy groups -OCH3 is 1. The van der Waals surface area contributed by atoms with Crippen molar-refractivity contribution in [3.8, 4) is 16.9 Å². The normalized spacial score (nSPS) is 9.89. The van der Waals surface area contributed by atoms with Crippen molar-refractivity contribution in [2.75, 3.05) is 19.5 Å². The summed E-state index contributed by atoms with van der Waals surface area (Å²) in [6, 6.07) is 13.4. The van der Waals surface area contributed by atoms with E-state index in [1.807, 2.05) is 43.4 Å². The molecule has 3 heteroatoms. The number of anilines is 1. The number of benzene rings is 2. The molecule has 0 aliphatic carbocycles. The molecule has 0 atom stereocenters. The van der Waals surface area contributed by atoms with Crippen LogP contribution in [0.4, 0.5) is 5.69 Å². The Morgan fingerprint density at radius 1 is 1.11 bits per heavy atom. The summed E-state index contributed by atoms with van der Waals surface area (Å²) in [5.74, 6) is 0.762. The molecule has 92 valence electrons. The molecule has 0 aliphatic rings. The average Bonchev–Trinajstić information content (AvgIpc) is 2.46. The van der Waals surface area contributed by atoms with Crippen molar-refractivity contribution in [1.29, 1.82) is 0 Å². The molecule has 0 saturated carbocycles. The van der Waals surface area contributed by atoms with Gasteiger partial charge in [-0.05, 0) is 35.9 Å². The second-order valence-electron chi connectivity index (χ2n) is 3.90. The minimum Gasteiger partial charge on any atom is -0.496 e. The average molecular weight is 241 g/mol.